The number of amides is 2. The molecule has 7 heteroatoms. The number of nitro groups is 1. The summed E-state index contributed by atoms with van der Waals surface area (Å²) in [4.78, 5) is 25.7. The number of quaternary nitrogens is 1. The molecule has 2 aliphatic rings. The van der Waals surface area contributed by atoms with E-state index in [4.69, 9.17) is 0 Å². The molecule has 2 heterocycles. The highest BCUT2D eigenvalue weighted by Crippen LogP contribution is 2.35. The minimum atomic E-state index is -0.418. The number of carbonyl (C=O) groups is 1. The summed E-state index contributed by atoms with van der Waals surface area (Å²) in [5.74, 6) is 0. The lowest BCUT2D eigenvalue weighted by Crippen LogP contribution is -2.66. The van der Waals surface area contributed by atoms with Crippen molar-refractivity contribution in [1.82, 2.24) is 14.7 Å². The molecule has 128 valence electrons. The number of hydrogen-bond acceptors (Lipinski definition) is 4. The molecule has 0 saturated carbocycles. The number of non-ortho nitro benzene ring substituents is 1. The summed E-state index contributed by atoms with van der Waals surface area (Å²) < 4.78 is 0.146. The van der Waals surface area contributed by atoms with Crippen molar-refractivity contribution in [3.05, 3.63) is 46.5 Å². The zero-order valence-corrected chi connectivity index (χ0v) is 14.0. The molecule has 2 atom stereocenters. The van der Waals surface area contributed by atoms with E-state index in [2.05, 4.69) is 36.2 Å². The Balaban J connectivity index is 2.08. The van der Waals surface area contributed by atoms with Crippen molar-refractivity contribution >= 4 is 17.4 Å². The summed E-state index contributed by atoms with van der Waals surface area (Å²) in [5.41, 5.74) is 0.828. The molecule has 0 bridgehead atoms. The topological polar surface area (TPSA) is 75.5 Å². The van der Waals surface area contributed by atoms with E-state index in [0.29, 0.717) is 19.1 Å². The van der Waals surface area contributed by atoms with E-state index >= 15 is 0 Å². The van der Waals surface area contributed by atoms with Gasteiger partial charge in [0.1, 0.15) is 12.2 Å². The van der Waals surface area contributed by atoms with Crippen LogP contribution < -0.4 is 9.80 Å². The number of benzene rings is 1. The van der Waals surface area contributed by atoms with Gasteiger partial charge in [0.2, 0.25) is 0 Å². The van der Waals surface area contributed by atoms with Gasteiger partial charge in [0.25, 0.3) is 5.69 Å². The van der Waals surface area contributed by atoms with Crippen molar-refractivity contribution in [3.63, 3.8) is 0 Å². The summed E-state index contributed by atoms with van der Waals surface area (Å²) in [6.45, 7) is 6.40. The predicted octanol–water partition coefficient (Wildman–Crippen LogP) is 2.62. The maximum atomic E-state index is 12.8. The van der Waals surface area contributed by atoms with Gasteiger partial charge < -0.3 is 0 Å². The summed E-state index contributed by atoms with van der Waals surface area (Å²) in [5, 5.41) is 13.9. The van der Waals surface area contributed by atoms with Gasteiger partial charge in [-0.05, 0) is 26.3 Å². The molecule has 1 aromatic carbocycles. The molecule has 2 amide bonds. The number of nitro benzene ring substituents is 1. The molecule has 1 saturated heterocycles. The molecule has 2 aliphatic heterocycles. The number of nitrogens with zero attached hydrogens (tertiary/aromatic N) is 3. The highest BCUT2D eigenvalue weighted by Gasteiger charge is 2.52. The number of carbonyl (C=O) groups excluding carboxylic acids is 1. The van der Waals surface area contributed by atoms with Crippen LogP contribution in [-0.4, -0.2) is 47.7 Å². The maximum absolute atomic E-state index is 12.8. The highest BCUT2D eigenvalue weighted by molar-refractivity contribution is 5.90. The average molecular weight is 331 g/mol. The first-order valence-electron chi connectivity index (χ1n) is 8.30. The Morgan fingerprint density at radius 3 is 2.58 bits per heavy atom. The van der Waals surface area contributed by atoms with Crippen LogP contribution in [0.3, 0.4) is 0 Å². The van der Waals surface area contributed by atoms with E-state index in [0.717, 1.165) is 18.7 Å². The zero-order chi connectivity index (χ0) is 17.3. The Kier molecular flexibility index (Phi) is 4.38. The molecular formula is C17H23N4O3+. The molecule has 24 heavy (non-hydrogen) atoms. The SMILES string of the molecule is CC(C)N1CCC=CC1[N+]1(c2ccc([N+](=O)[O-])cc2)CCNC1=O. The quantitative estimate of drug-likeness (QED) is 0.398. The van der Waals surface area contributed by atoms with Gasteiger partial charge in [0, 0.05) is 36.9 Å². The zero-order valence-electron chi connectivity index (χ0n) is 14.0. The number of rotatable bonds is 4. The van der Waals surface area contributed by atoms with Crippen LogP contribution in [0.4, 0.5) is 16.2 Å². The van der Waals surface area contributed by atoms with Crippen LogP contribution in [0.5, 0.6) is 0 Å². The van der Waals surface area contributed by atoms with Crippen molar-refractivity contribution in [2.45, 2.75) is 32.5 Å². The van der Waals surface area contributed by atoms with Crippen molar-refractivity contribution < 1.29 is 9.72 Å². The molecular weight excluding hydrogens is 308 g/mol. The van der Waals surface area contributed by atoms with E-state index < -0.39 is 4.92 Å². The van der Waals surface area contributed by atoms with Crippen LogP contribution in [0.2, 0.25) is 0 Å². The van der Waals surface area contributed by atoms with Crippen molar-refractivity contribution in [3.8, 4) is 0 Å². The summed E-state index contributed by atoms with van der Waals surface area (Å²) in [7, 11) is 0. The molecule has 0 radical (unpaired) electrons. The first-order valence-corrected chi connectivity index (χ1v) is 8.30. The second-order valence-electron chi connectivity index (χ2n) is 6.56. The molecule has 3 rings (SSSR count). The predicted molar refractivity (Wildman–Crippen MR) is 92.5 cm³/mol. The lowest BCUT2D eigenvalue weighted by Gasteiger charge is -2.44. The van der Waals surface area contributed by atoms with Crippen LogP contribution in [-0.2, 0) is 0 Å². The summed E-state index contributed by atoms with van der Waals surface area (Å²) >= 11 is 0. The van der Waals surface area contributed by atoms with Crippen LogP contribution >= 0.6 is 0 Å². The fraction of sp³-hybridized carbons (Fsp3) is 0.471. The Morgan fingerprint density at radius 1 is 1.33 bits per heavy atom. The molecule has 7 nitrogen and oxygen atoms in total. The Hall–Kier alpha value is -2.25. The molecule has 0 aromatic heterocycles. The van der Waals surface area contributed by atoms with Gasteiger partial charge >= 0.3 is 6.03 Å². The van der Waals surface area contributed by atoms with Gasteiger partial charge in [-0.25, -0.2) is 9.69 Å². The normalized spacial score (nSPS) is 27.5. The second-order valence-corrected chi connectivity index (χ2v) is 6.56. The lowest BCUT2D eigenvalue weighted by molar-refractivity contribution is -0.384. The third kappa shape index (κ3) is 2.59. The van der Waals surface area contributed by atoms with Crippen molar-refractivity contribution in [2.75, 3.05) is 19.6 Å². The third-order valence-corrected chi connectivity index (χ3v) is 4.94. The Bertz CT molecular complexity index is 671. The fourth-order valence-electron chi connectivity index (χ4n) is 3.72. The number of hydrogen-bond donors (Lipinski definition) is 1. The van der Waals surface area contributed by atoms with E-state index in [1.54, 1.807) is 12.1 Å². The summed E-state index contributed by atoms with van der Waals surface area (Å²) in [6.07, 6.45) is 5.11. The maximum Gasteiger partial charge on any atom is 0.423 e. The fourth-order valence-corrected chi connectivity index (χ4v) is 3.72. The van der Waals surface area contributed by atoms with Gasteiger partial charge in [-0.15, -0.1) is 0 Å². The smallest absolute Gasteiger partial charge is 0.299 e. The van der Waals surface area contributed by atoms with E-state index in [1.807, 2.05) is 0 Å². The van der Waals surface area contributed by atoms with Gasteiger partial charge in [-0.2, -0.15) is 4.48 Å². The van der Waals surface area contributed by atoms with Crippen molar-refractivity contribution in [1.29, 1.82) is 0 Å². The monoisotopic (exact) mass is 331 g/mol. The highest BCUT2D eigenvalue weighted by atomic mass is 16.6. The van der Waals surface area contributed by atoms with Gasteiger partial charge in [0.05, 0.1) is 11.5 Å². The Labute approximate surface area is 141 Å². The number of nitrogens with one attached hydrogen (secondary N) is 1. The number of urea groups is 1. The lowest BCUT2D eigenvalue weighted by atomic mass is 10.1. The largest absolute Gasteiger partial charge is 0.423 e. The molecule has 2 unspecified atom stereocenters. The Morgan fingerprint density at radius 2 is 2.04 bits per heavy atom. The molecule has 1 aromatic rings. The van der Waals surface area contributed by atoms with Gasteiger partial charge in [0.15, 0.2) is 6.17 Å². The van der Waals surface area contributed by atoms with Crippen molar-refractivity contribution in [2.24, 2.45) is 0 Å². The minimum Gasteiger partial charge on any atom is -0.299 e. The van der Waals surface area contributed by atoms with Crippen LogP contribution in [0.15, 0.2) is 36.4 Å². The third-order valence-electron chi connectivity index (χ3n) is 4.94. The van der Waals surface area contributed by atoms with E-state index in [1.165, 1.54) is 12.1 Å². The first-order chi connectivity index (χ1) is 11.5. The minimum absolute atomic E-state index is 0.0383. The summed E-state index contributed by atoms with van der Waals surface area (Å²) in [6, 6.07) is 6.64. The molecule has 1 fully saturated rings. The first kappa shape index (κ1) is 16.6. The van der Waals surface area contributed by atoms with E-state index in [-0.39, 0.29) is 22.4 Å². The molecule has 1 N–H and O–H groups in total. The van der Waals surface area contributed by atoms with Crippen LogP contribution in [0.1, 0.15) is 20.3 Å². The molecule has 0 spiro atoms. The second kappa shape index (κ2) is 6.33. The van der Waals surface area contributed by atoms with Crippen LogP contribution in [0.25, 0.3) is 0 Å². The van der Waals surface area contributed by atoms with Gasteiger partial charge in [-0.3, -0.25) is 15.4 Å². The molecule has 0 aliphatic carbocycles. The standard InChI is InChI=1S/C17H22N4O3/c1-13(2)19-11-4-3-5-16(19)21(12-10-18-17(21)22)15-8-6-14(7-9-15)20(23)24/h3,5-9,13,16H,4,10-12H2,1-2H3/p+1. The van der Waals surface area contributed by atoms with Gasteiger partial charge in [-0.1, -0.05) is 6.08 Å². The average Bonchev–Trinajstić information content (AvgIpc) is 2.97. The van der Waals surface area contributed by atoms with E-state index in [9.17, 15) is 14.9 Å². The van der Waals surface area contributed by atoms with Crippen LogP contribution in [0, 0.1) is 10.1 Å².